The topological polar surface area (TPSA) is 26.3 Å². The summed E-state index contributed by atoms with van der Waals surface area (Å²) in [4.78, 5) is 11.7. The first kappa shape index (κ1) is 17.5. The van der Waals surface area contributed by atoms with E-state index in [1.807, 2.05) is 20.8 Å². The quantitative estimate of drug-likeness (QED) is 0.379. The van der Waals surface area contributed by atoms with Gasteiger partial charge in [-0.25, -0.2) is 0 Å². The Hall–Kier alpha value is -0.530. The Balaban J connectivity index is 3.33. The molecule has 0 saturated carbocycles. The lowest BCUT2D eigenvalue weighted by atomic mass is 9.91. The molecule has 18 heavy (non-hydrogen) atoms. The van der Waals surface area contributed by atoms with E-state index in [0.717, 1.165) is 12.8 Å². The number of carbonyl (C=O) groups is 1. The summed E-state index contributed by atoms with van der Waals surface area (Å²) >= 11 is 0. The van der Waals surface area contributed by atoms with Gasteiger partial charge in [-0.3, -0.25) is 4.79 Å². The summed E-state index contributed by atoms with van der Waals surface area (Å²) in [6, 6.07) is 0. The van der Waals surface area contributed by atoms with Crippen molar-refractivity contribution >= 4 is 5.97 Å². The van der Waals surface area contributed by atoms with Crippen molar-refractivity contribution in [2.24, 2.45) is 5.41 Å². The largest absolute Gasteiger partial charge is 0.465 e. The summed E-state index contributed by atoms with van der Waals surface area (Å²) < 4.78 is 5.30. The molecule has 0 amide bonds. The predicted molar refractivity (Wildman–Crippen MR) is 77.6 cm³/mol. The number of hydrogen-bond donors (Lipinski definition) is 0. The van der Waals surface area contributed by atoms with Crippen molar-refractivity contribution in [3.63, 3.8) is 0 Å². The van der Waals surface area contributed by atoms with Gasteiger partial charge in [-0.15, -0.1) is 0 Å². The van der Waals surface area contributed by atoms with Gasteiger partial charge in [-0.1, -0.05) is 58.8 Å². The van der Waals surface area contributed by atoms with Crippen molar-refractivity contribution < 1.29 is 9.53 Å². The zero-order valence-electron chi connectivity index (χ0n) is 12.9. The SMILES string of the molecule is CCCCCCCCCCOC(=O)C(C)(C)CC. The van der Waals surface area contributed by atoms with Crippen LogP contribution in [0.15, 0.2) is 0 Å². The maximum atomic E-state index is 11.7. The second-order valence-corrected chi connectivity index (χ2v) is 5.85. The maximum Gasteiger partial charge on any atom is 0.311 e. The standard InChI is InChI=1S/C16H32O2/c1-5-7-8-9-10-11-12-13-14-18-15(17)16(3,4)6-2/h5-14H2,1-4H3. The van der Waals surface area contributed by atoms with E-state index in [9.17, 15) is 4.79 Å². The van der Waals surface area contributed by atoms with Crippen LogP contribution in [0.3, 0.4) is 0 Å². The second-order valence-electron chi connectivity index (χ2n) is 5.85. The molecule has 0 aliphatic heterocycles. The zero-order chi connectivity index (χ0) is 13.9. The molecule has 0 radical (unpaired) electrons. The highest BCUT2D eigenvalue weighted by atomic mass is 16.5. The van der Waals surface area contributed by atoms with Crippen LogP contribution in [0.4, 0.5) is 0 Å². The molecule has 0 atom stereocenters. The Labute approximate surface area is 113 Å². The van der Waals surface area contributed by atoms with Crippen LogP contribution >= 0.6 is 0 Å². The molecule has 0 heterocycles. The van der Waals surface area contributed by atoms with Gasteiger partial charge in [0.15, 0.2) is 0 Å². The van der Waals surface area contributed by atoms with E-state index in [2.05, 4.69) is 6.92 Å². The zero-order valence-corrected chi connectivity index (χ0v) is 12.9. The molecule has 0 aromatic carbocycles. The van der Waals surface area contributed by atoms with E-state index in [4.69, 9.17) is 4.74 Å². The van der Waals surface area contributed by atoms with Crippen molar-refractivity contribution in [3.05, 3.63) is 0 Å². The van der Waals surface area contributed by atoms with Crippen molar-refractivity contribution in [1.82, 2.24) is 0 Å². The van der Waals surface area contributed by atoms with Gasteiger partial charge < -0.3 is 4.74 Å². The third kappa shape index (κ3) is 8.54. The lowest BCUT2D eigenvalue weighted by Crippen LogP contribution is -2.26. The van der Waals surface area contributed by atoms with E-state index in [1.54, 1.807) is 0 Å². The van der Waals surface area contributed by atoms with Crippen LogP contribution in [-0.4, -0.2) is 12.6 Å². The van der Waals surface area contributed by atoms with Gasteiger partial charge in [-0.05, 0) is 26.7 Å². The highest BCUT2D eigenvalue weighted by Gasteiger charge is 2.26. The molecule has 0 N–H and O–H groups in total. The smallest absolute Gasteiger partial charge is 0.311 e. The van der Waals surface area contributed by atoms with Crippen LogP contribution in [0.2, 0.25) is 0 Å². The Morgan fingerprint density at radius 2 is 1.39 bits per heavy atom. The third-order valence-electron chi connectivity index (χ3n) is 3.67. The molecule has 0 spiro atoms. The molecule has 0 saturated heterocycles. The summed E-state index contributed by atoms with van der Waals surface area (Å²) in [6.45, 7) is 8.76. The number of ether oxygens (including phenoxy) is 1. The molecule has 0 fully saturated rings. The molecule has 0 aromatic heterocycles. The molecule has 0 unspecified atom stereocenters. The van der Waals surface area contributed by atoms with E-state index >= 15 is 0 Å². The lowest BCUT2D eigenvalue weighted by molar-refractivity contribution is -0.154. The van der Waals surface area contributed by atoms with E-state index in [0.29, 0.717) is 6.61 Å². The molecular formula is C16H32O2. The summed E-state index contributed by atoms with van der Waals surface area (Å²) in [5.41, 5.74) is -0.319. The first-order valence-electron chi connectivity index (χ1n) is 7.71. The minimum atomic E-state index is -0.319. The number of carbonyl (C=O) groups excluding carboxylic acids is 1. The Bertz CT molecular complexity index is 209. The molecular weight excluding hydrogens is 224 g/mol. The molecule has 0 rings (SSSR count). The molecule has 108 valence electrons. The second kappa shape index (κ2) is 10.4. The Kier molecular flexibility index (Phi) is 10.1. The molecule has 0 bridgehead atoms. The normalized spacial score (nSPS) is 11.6. The minimum absolute atomic E-state index is 0.0482. The van der Waals surface area contributed by atoms with E-state index < -0.39 is 0 Å². The average Bonchev–Trinajstić information content (AvgIpc) is 2.36. The molecule has 2 nitrogen and oxygen atoms in total. The monoisotopic (exact) mass is 256 g/mol. The Morgan fingerprint density at radius 1 is 0.889 bits per heavy atom. The number of esters is 1. The summed E-state index contributed by atoms with van der Waals surface area (Å²) in [7, 11) is 0. The number of rotatable bonds is 11. The van der Waals surface area contributed by atoms with Crippen LogP contribution in [0, 0.1) is 5.41 Å². The van der Waals surface area contributed by atoms with Gasteiger partial charge in [0, 0.05) is 0 Å². The first-order valence-corrected chi connectivity index (χ1v) is 7.71. The van der Waals surface area contributed by atoms with Crippen LogP contribution in [-0.2, 0) is 9.53 Å². The minimum Gasteiger partial charge on any atom is -0.465 e. The lowest BCUT2D eigenvalue weighted by Gasteiger charge is -2.20. The van der Waals surface area contributed by atoms with Gasteiger partial charge in [0.05, 0.1) is 12.0 Å². The molecule has 0 aliphatic rings. The van der Waals surface area contributed by atoms with Crippen molar-refractivity contribution in [2.45, 2.75) is 85.5 Å². The highest BCUT2D eigenvalue weighted by Crippen LogP contribution is 2.21. The fraction of sp³-hybridized carbons (Fsp3) is 0.938. The molecule has 0 aliphatic carbocycles. The summed E-state index contributed by atoms with van der Waals surface area (Å²) in [6.07, 6.45) is 11.0. The summed E-state index contributed by atoms with van der Waals surface area (Å²) in [5, 5.41) is 0. The molecule has 2 heteroatoms. The van der Waals surface area contributed by atoms with Gasteiger partial charge >= 0.3 is 5.97 Å². The predicted octanol–water partition coefficient (Wildman–Crippen LogP) is 5.11. The van der Waals surface area contributed by atoms with Crippen LogP contribution in [0.5, 0.6) is 0 Å². The van der Waals surface area contributed by atoms with Crippen LogP contribution in [0.1, 0.15) is 85.5 Å². The van der Waals surface area contributed by atoms with E-state index in [-0.39, 0.29) is 11.4 Å². The van der Waals surface area contributed by atoms with Crippen LogP contribution in [0.25, 0.3) is 0 Å². The van der Waals surface area contributed by atoms with Crippen LogP contribution < -0.4 is 0 Å². The fourth-order valence-electron chi connectivity index (χ4n) is 1.74. The number of hydrogen-bond acceptors (Lipinski definition) is 2. The van der Waals surface area contributed by atoms with Gasteiger partial charge in [0.25, 0.3) is 0 Å². The Morgan fingerprint density at radius 3 is 1.89 bits per heavy atom. The van der Waals surface area contributed by atoms with Crippen molar-refractivity contribution in [3.8, 4) is 0 Å². The van der Waals surface area contributed by atoms with Gasteiger partial charge in [0.1, 0.15) is 0 Å². The van der Waals surface area contributed by atoms with E-state index in [1.165, 1.54) is 44.9 Å². The highest BCUT2D eigenvalue weighted by molar-refractivity contribution is 5.75. The average molecular weight is 256 g/mol. The number of unbranched alkanes of at least 4 members (excludes halogenated alkanes) is 7. The first-order chi connectivity index (χ1) is 8.54. The van der Waals surface area contributed by atoms with Crippen molar-refractivity contribution in [1.29, 1.82) is 0 Å². The molecule has 0 aromatic rings. The van der Waals surface area contributed by atoms with Gasteiger partial charge in [-0.2, -0.15) is 0 Å². The maximum absolute atomic E-state index is 11.7. The van der Waals surface area contributed by atoms with Gasteiger partial charge in [0.2, 0.25) is 0 Å². The summed E-state index contributed by atoms with van der Waals surface area (Å²) in [5.74, 6) is -0.0482. The van der Waals surface area contributed by atoms with Crippen molar-refractivity contribution in [2.75, 3.05) is 6.61 Å². The fourth-order valence-corrected chi connectivity index (χ4v) is 1.74. The third-order valence-corrected chi connectivity index (χ3v) is 3.67.